The molecule has 3 heterocycles. The van der Waals surface area contributed by atoms with Gasteiger partial charge in [0.05, 0.1) is 11.6 Å². The summed E-state index contributed by atoms with van der Waals surface area (Å²) in [6.07, 6.45) is 3.50. The Labute approximate surface area is 174 Å². The van der Waals surface area contributed by atoms with Crippen LogP contribution in [-0.4, -0.2) is 21.6 Å². The Balaban J connectivity index is 0.00000196. The first kappa shape index (κ1) is 18.5. The Hall–Kier alpha value is -2.34. The standard InChI is InChI=1S/C20H16N5.Na/c1-13-7-9-21-17(11-13)23-19-15-5-3-4-6-16(15)20(25-19)24-18-12-14(2)8-10-22-18;/h3-12H,1-2H3;/q-1;+1. The molecule has 0 saturated carbocycles. The molecule has 5 nitrogen and oxygen atoms in total. The van der Waals surface area contributed by atoms with Crippen LogP contribution in [0.3, 0.4) is 0 Å². The number of fused-ring (bicyclic) bond motifs is 1. The molecule has 1 aliphatic rings. The normalized spacial score (nSPS) is 15.5. The third-order valence-corrected chi connectivity index (χ3v) is 3.86. The van der Waals surface area contributed by atoms with E-state index in [9.17, 15) is 0 Å². The molecule has 26 heavy (non-hydrogen) atoms. The second-order valence-electron chi connectivity index (χ2n) is 5.91. The Morgan fingerprint density at radius 2 is 1.19 bits per heavy atom. The molecule has 0 bridgehead atoms. The molecule has 6 heteroatoms. The van der Waals surface area contributed by atoms with E-state index in [0.717, 1.165) is 22.3 Å². The third kappa shape index (κ3) is 3.90. The van der Waals surface area contributed by atoms with Crippen LogP contribution in [0.2, 0.25) is 0 Å². The Morgan fingerprint density at radius 3 is 1.62 bits per heavy atom. The van der Waals surface area contributed by atoms with Crippen molar-refractivity contribution in [2.24, 2.45) is 9.98 Å². The molecule has 0 amide bonds. The van der Waals surface area contributed by atoms with Crippen LogP contribution in [0, 0.1) is 13.8 Å². The zero-order chi connectivity index (χ0) is 17.2. The molecule has 3 aromatic rings. The molecule has 2 aromatic heterocycles. The number of aliphatic imine (C=N–C) groups is 2. The van der Waals surface area contributed by atoms with Crippen LogP contribution < -0.4 is 29.6 Å². The molecule has 0 aliphatic carbocycles. The van der Waals surface area contributed by atoms with Gasteiger partial charge in [-0.15, -0.1) is 0 Å². The van der Waals surface area contributed by atoms with Gasteiger partial charge in [0.15, 0.2) is 0 Å². The molecule has 0 fully saturated rings. The van der Waals surface area contributed by atoms with Gasteiger partial charge in [0.2, 0.25) is 0 Å². The van der Waals surface area contributed by atoms with Gasteiger partial charge >= 0.3 is 29.6 Å². The number of pyridine rings is 2. The first-order chi connectivity index (χ1) is 12.2. The fraction of sp³-hybridized carbons (Fsp3) is 0.100. The Bertz CT molecular complexity index is 930. The van der Waals surface area contributed by atoms with Gasteiger partial charge in [-0.1, -0.05) is 24.3 Å². The minimum Gasteiger partial charge on any atom is -0.357 e. The number of benzene rings is 1. The predicted octanol–water partition coefficient (Wildman–Crippen LogP) is 1.64. The van der Waals surface area contributed by atoms with Gasteiger partial charge in [0, 0.05) is 24.1 Å². The molecule has 0 spiro atoms. The Kier molecular flexibility index (Phi) is 5.61. The maximum atomic E-state index is 4.63. The number of rotatable bonds is 2. The van der Waals surface area contributed by atoms with E-state index in [0.29, 0.717) is 23.3 Å². The van der Waals surface area contributed by atoms with Crippen molar-refractivity contribution in [2.75, 3.05) is 0 Å². The van der Waals surface area contributed by atoms with Crippen molar-refractivity contribution in [3.05, 3.63) is 88.5 Å². The number of aryl methyl sites for hydroxylation is 2. The molecule has 1 aromatic carbocycles. The van der Waals surface area contributed by atoms with E-state index in [-0.39, 0.29) is 29.6 Å². The summed E-state index contributed by atoms with van der Waals surface area (Å²) in [5, 5.41) is 4.63. The van der Waals surface area contributed by atoms with E-state index in [1.165, 1.54) is 0 Å². The van der Waals surface area contributed by atoms with Crippen LogP contribution >= 0.6 is 0 Å². The summed E-state index contributed by atoms with van der Waals surface area (Å²) >= 11 is 0. The monoisotopic (exact) mass is 349 g/mol. The average molecular weight is 349 g/mol. The number of hydrogen-bond donors (Lipinski definition) is 0. The van der Waals surface area contributed by atoms with Crippen LogP contribution in [0.15, 0.2) is 70.9 Å². The average Bonchev–Trinajstić information content (AvgIpc) is 2.93. The second kappa shape index (κ2) is 7.91. The number of amidine groups is 2. The minimum atomic E-state index is 0. The van der Waals surface area contributed by atoms with Crippen molar-refractivity contribution in [2.45, 2.75) is 13.8 Å². The van der Waals surface area contributed by atoms with Gasteiger partial charge in [-0.25, -0.2) is 0 Å². The first-order valence-corrected chi connectivity index (χ1v) is 8.03. The Morgan fingerprint density at radius 1 is 0.731 bits per heavy atom. The van der Waals surface area contributed by atoms with Gasteiger partial charge < -0.3 is 15.3 Å². The quantitative estimate of drug-likeness (QED) is 0.660. The molecule has 4 rings (SSSR count). The van der Waals surface area contributed by atoms with Gasteiger partial charge in [-0.05, 0) is 60.4 Å². The van der Waals surface area contributed by atoms with E-state index in [2.05, 4.69) is 25.3 Å². The minimum absolute atomic E-state index is 0. The third-order valence-electron chi connectivity index (χ3n) is 3.86. The van der Waals surface area contributed by atoms with Gasteiger partial charge in [-0.3, -0.25) is 9.97 Å². The summed E-state index contributed by atoms with van der Waals surface area (Å²) in [5.41, 5.74) is 4.13. The largest absolute Gasteiger partial charge is 1.00 e. The van der Waals surface area contributed by atoms with E-state index < -0.39 is 0 Å². The fourth-order valence-corrected chi connectivity index (χ4v) is 2.64. The molecule has 122 valence electrons. The number of aromatic nitrogens is 2. The van der Waals surface area contributed by atoms with E-state index in [4.69, 9.17) is 0 Å². The summed E-state index contributed by atoms with van der Waals surface area (Å²) in [5.74, 6) is 2.53. The molecule has 0 unspecified atom stereocenters. The molecule has 1 aliphatic heterocycles. The number of hydrogen-bond acceptors (Lipinski definition) is 4. The van der Waals surface area contributed by atoms with Crippen LogP contribution in [0.25, 0.3) is 5.32 Å². The second-order valence-corrected chi connectivity index (χ2v) is 5.91. The van der Waals surface area contributed by atoms with Crippen molar-refractivity contribution in [1.82, 2.24) is 9.97 Å². The maximum Gasteiger partial charge on any atom is 1.00 e. The topological polar surface area (TPSA) is 64.6 Å². The zero-order valence-corrected chi connectivity index (χ0v) is 17.0. The van der Waals surface area contributed by atoms with Crippen LogP contribution in [0.5, 0.6) is 0 Å². The predicted molar refractivity (Wildman–Crippen MR) is 100 cm³/mol. The van der Waals surface area contributed by atoms with Gasteiger partial charge in [0.25, 0.3) is 0 Å². The molecule has 0 atom stereocenters. The molecule has 0 radical (unpaired) electrons. The SMILES string of the molecule is Cc1ccnc(N=C2[N-]C(=Nc3cc(C)ccn3)c3ccccc32)c1.[Na+]. The van der Waals surface area contributed by atoms with Gasteiger partial charge in [-0.2, -0.15) is 0 Å². The molecule has 0 saturated heterocycles. The van der Waals surface area contributed by atoms with Crippen LogP contribution in [0.1, 0.15) is 22.3 Å². The van der Waals surface area contributed by atoms with Crippen LogP contribution in [-0.2, 0) is 0 Å². The van der Waals surface area contributed by atoms with Crippen LogP contribution in [0.4, 0.5) is 11.6 Å². The summed E-state index contributed by atoms with van der Waals surface area (Å²) in [4.78, 5) is 17.8. The van der Waals surface area contributed by atoms with Crippen molar-refractivity contribution < 1.29 is 29.6 Å². The van der Waals surface area contributed by atoms with E-state index >= 15 is 0 Å². The zero-order valence-electron chi connectivity index (χ0n) is 15.0. The van der Waals surface area contributed by atoms with E-state index in [1.54, 1.807) is 12.4 Å². The molecule has 0 N–H and O–H groups in total. The summed E-state index contributed by atoms with van der Waals surface area (Å²) in [6, 6.07) is 15.7. The fourth-order valence-electron chi connectivity index (χ4n) is 2.64. The maximum absolute atomic E-state index is 4.63. The smallest absolute Gasteiger partial charge is 0.357 e. The van der Waals surface area contributed by atoms with E-state index in [1.807, 2.05) is 62.4 Å². The first-order valence-electron chi connectivity index (χ1n) is 8.03. The summed E-state index contributed by atoms with van der Waals surface area (Å²) in [7, 11) is 0. The van der Waals surface area contributed by atoms with Crippen molar-refractivity contribution >= 4 is 23.3 Å². The molecular weight excluding hydrogens is 333 g/mol. The van der Waals surface area contributed by atoms with Crippen molar-refractivity contribution in [1.29, 1.82) is 0 Å². The summed E-state index contributed by atoms with van der Waals surface area (Å²) < 4.78 is 0. The van der Waals surface area contributed by atoms with Crippen molar-refractivity contribution in [3.8, 4) is 0 Å². The molecular formula is C20H16N5Na. The number of nitrogens with zero attached hydrogens (tertiary/aromatic N) is 5. The summed E-state index contributed by atoms with van der Waals surface area (Å²) in [6.45, 7) is 4.03. The van der Waals surface area contributed by atoms with Gasteiger partial charge in [0.1, 0.15) is 0 Å². The van der Waals surface area contributed by atoms with Crippen molar-refractivity contribution in [3.63, 3.8) is 0 Å².